The predicted molar refractivity (Wildman–Crippen MR) is 115 cm³/mol. The fourth-order valence-electron chi connectivity index (χ4n) is 2.45. The molecule has 0 saturated carbocycles. The van der Waals surface area contributed by atoms with E-state index in [1.165, 1.54) is 6.08 Å². The third-order valence-corrected chi connectivity index (χ3v) is 4.06. The average Bonchev–Trinajstić information content (AvgIpc) is 2.74. The van der Waals surface area contributed by atoms with Gasteiger partial charge in [0.2, 0.25) is 5.91 Å². The fraction of sp³-hybridized carbons (Fsp3) is 0.0870. The monoisotopic (exact) mass is 409 g/mol. The van der Waals surface area contributed by atoms with Crippen LogP contribution in [0.1, 0.15) is 5.56 Å². The SMILES string of the molecule is COCOc1ccc(/C=C/C(=O)Nc2cc(Cl)ccc2Oc2ccccc2)cc1. The summed E-state index contributed by atoms with van der Waals surface area (Å²) in [5.74, 6) is 1.55. The Morgan fingerprint density at radius 3 is 2.48 bits per heavy atom. The molecule has 0 saturated heterocycles. The van der Waals surface area contributed by atoms with E-state index in [0.29, 0.717) is 28.0 Å². The van der Waals surface area contributed by atoms with Crippen molar-refractivity contribution in [2.45, 2.75) is 0 Å². The van der Waals surface area contributed by atoms with Crippen LogP contribution in [0.2, 0.25) is 5.02 Å². The number of hydrogen-bond donors (Lipinski definition) is 1. The number of para-hydroxylation sites is 1. The third kappa shape index (κ3) is 6.38. The van der Waals surface area contributed by atoms with Crippen molar-refractivity contribution in [3.8, 4) is 17.2 Å². The molecule has 6 heteroatoms. The number of benzene rings is 3. The van der Waals surface area contributed by atoms with Gasteiger partial charge in [0.05, 0.1) is 5.69 Å². The number of methoxy groups -OCH3 is 1. The number of rotatable bonds is 8. The summed E-state index contributed by atoms with van der Waals surface area (Å²) in [6.45, 7) is 0.185. The Bertz CT molecular complexity index is 972. The van der Waals surface area contributed by atoms with E-state index in [9.17, 15) is 4.79 Å². The molecule has 0 atom stereocenters. The first-order chi connectivity index (χ1) is 14.1. The summed E-state index contributed by atoms with van der Waals surface area (Å²) in [4.78, 5) is 12.4. The van der Waals surface area contributed by atoms with Gasteiger partial charge in [-0.3, -0.25) is 4.79 Å². The first-order valence-corrected chi connectivity index (χ1v) is 9.25. The van der Waals surface area contributed by atoms with E-state index in [4.69, 9.17) is 25.8 Å². The van der Waals surface area contributed by atoms with Crippen LogP contribution >= 0.6 is 11.6 Å². The number of halogens is 1. The van der Waals surface area contributed by atoms with Crippen molar-refractivity contribution in [3.63, 3.8) is 0 Å². The van der Waals surface area contributed by atoms with Gasteiger partial charge in [-0.15, -0.1) is 0 Å². The Labute approximate surface area is 174 Å². The molecule has 0 unspecified atom stereocenters. The van der Waals surface area contributed by atoms with E-state index < -0.39 is 0 Å². The fourth-order valence-corrected chi connectivity index (χ4v) is 2.62. The Morgan fingerprint density at radius 2 is 1.76 bits per heavy atom. The number of hydrogen-bond acceptors (Lipinski definition) is 4. The van der Waals surface area contributed by atoms with E-state index in [1.807, 2.05) is 42.5 Å². The topological polar surface area (TPSA) is 56.8 Å². The largest absolute Gasteiger partial charge is 0.468 e. The second-order valence-electron chi connectivity index (χ2n) is 6.00. The number of amides is 1. The molecule has 3 aromatic rings. The predicted octanol–water partition coefficient (Wildman–Crippen LogP) is 5.77. The van der Waals surface area contributed by atoms with E-state index in [-0.39, 0.29) is 12.7 Å². The zero-order valence-corrected chi connectivity index (χ0v) is 16.6. The number of carbonyl (C=O) groups is 1. The summed E-state index contributed by atoms with van der Waals surface area (Å²) in [6, 6.07) is 21.7. The van der Waals surface area contributed by atoms with Gasteiger partial charge < -0.3 is 19.5 Å². The highest BCUT2D eigenvalue weighted by molar-refractivity contribution is 6.31. The van der Waals surface area contributed by atoms with Crippen LogP contribution in [0.4, 0.5) is 5.69 Å². The maximum absolute atomic E-state index is 12.4. The summed E-state index contributed by atoms with van der Waals surface area (Å²) in [6.07, 6.45) is 3.15. The standard InChI is InChI=1S/C23H20ClNO4/c1-27-16-28-19-11-7-17(8-12-19)9-14-23(26)25-21-15-18(24)10-13-22(21)29-20-5-3-2-4-6-20/h2-15H,16H2,1H3,(H,25,26)/b14-9+. The molecule has 5 nitrogen and oxygen atoms in total. The molecule has 29 heavy (non-hydrogen) atoms. The van der Waals surface area contributed by atoms with Crippen LogP contribution in [-0.4, -0.2) is 19.8 Å². The zero-order chi connectivity index (χ0) is 20.5. The first kappa shape index (κ1) is 20.5. The average molecular weight is 410 g/mol. The van der Waals surface area contributed by atoms with Crippen molar-refractivity contribution in [2.75, 3.05) is 19.2 Å². The van der Waals surface area contributed by atoms with E-state index in [0.717, 1.165) is 5.56 Å². The Kier molecular flexibility index (Phi) is 7.28. The second-order valence-corrected chi connectivity index (χ2v) is 6.43. The Morgan fingerprint density at radius 1 is 1.00 bits per heavy atom. The van der Waals surface area contributed by atoms with Gasteiger partial charge in [0.25, 0.3) is 0 Å². The highest BCUT2D eigenvalue weighted by Crippen LogP contribution is 2.32. The molecule has 1 N–H and O–H groups in total. The van der Waals surface area contributed by atoms with Gasteiger partial charge in [-0.2, -0.15) is 0 Å². The minimum absolute atomic E-state index is 0.185. The highest BCUT2D eigenvalue weighted by Gasteiger charge is 2.08. The zero-order valence-electron chi connectivity index (χ0n) is 15.8. The summed E-state index contributed by atoms with van der Waals surface area (Å²) in [7, 11) is 1.56. The number of ether oxygens (including phenoxy) is 3. The molecule has 0 aliphatic rings. The molecular weight excluding hydrogens is 390 g/mol. The lowest BCUT2D eigenvalue weighted by atomic mass is 10.2. The van der Waals surface area contributed by atoms with E-state index in [1.54, 1.807) is 43.5 Å². The first-order valence-electron chi connectivity index (χ1n) is 8.87. The molecule has 1 amide bonds. The molecule has 0 spiro atoms. The quantitative estimate of drug-likeness (QED) is 0.379. The molecule has 3 aromatic carbocycles. The summed E-state index contributed by atoms with van der Waals surface area (Å²) < 4.78 is 16.0. The maximum atomic E-state index is 12.4. The van der Waals surface area contributed by atoms with Gasteiger partial charge in [-0.05, 0) is 54.1 Å². The van der Waals surface area contributed by atoms with Crippen LogP contribution in [0.5, 0.6) is 17.2 Å². The van der Waals surface area contributed by atoms with Crippen molar-refractivity contribution in [2.24, 2.45) is 0 Å². The molecule has 0 bridgehead atoms. The van der Waals surface area contributed by atoms with Crippen LogP contribution in [0.25, 0.3) is 6.08 Å². The van der Waals surface area contributed by atoms with Crippen LogP contribution in [0.3, 0.4) is 0 Å². The van der Waals surface area contributed by atoms with Crippen molar-refractivity contribution in [1.82, 2.24) is 0 Å². The van der Waals surface area contributed by atoms with E-state index >= 15 is 0 Å². The van der Waals surface area contributed by atoms with Crippen LogP contribution < -0.4 is 14.8 Å². The molecule has 0 heterocycles. The number of anilines is 1. The van der Waals surface area contributed by atoms with E-state index in [2.05, 4.69) is 5.32 Å². The lowest BCUT2D eigenvalue weighted by Gasteiger charge is -2.12. The molecule has 0 radical (unpaired) electrons. The normalized spacial score (nSPS) is 10.7. The highest BCUT2D eigenvalue weighted by atomic mass is 35.5. The van der Waals surface area contributed by atoms with Gasteiger partial charge in [0, 0.05) is 18.2 Å². The minimum atomic E-state index is -0.301. The van der Waals surface area contributed by atoms with Crippen LogP contribution in [0.15, 0.2) is 78.9 Å². The van der Waals surface area contributed by atoms with Gasteiger partial charge in [-0.1, -0.05) is 41.9 Å². The smallest absolute Gasteiger partial charge is 0.248 e. The molecule has 0 aliphatic heterocycles. The Balaban J connectivity index is 1.67. The van der Waals surface area contributed by atoms with Gasteiger partial charge in [0.15, 0.2) is 12.5 Å². The van der Waals surface area contributed by atoms with Crippen LogP contribution in [-0.2, 0) is 9.53 Å². The molecule has 0 aliphatic carbocycles. The Hall–Kier alpha value is -3.28. The van der Waals surface area contributed by atoms with Crippen molar-refractivity contribution < 1.29 is 19.0 Å². The third-order valence-electron chi connectivity index (χ3n) is 3.82. The van der Waals surface area contributed by atoms with Gasteiger partial charge in [-0.25, -0.2) is 0 Å². The van der Waals surface area contributed by atoms with Crippen molar-refractivity contribution in [3.05, 3.63) is 89.5 Å². The van der Waals surface area contributed by atoms with Gasteiger partial charge >= 0.3 is 0 Å². The van der Waals surface area contributed by atoms with Gasteiger partial charge in [0.1, 0.15) is 11.5 Å². The lowest BCUT2D eigenvalue weighted by Crippen LogP contribution is -2.08. The molecule has 0 aromatic heterocycles. The molecular formula is C23H20ClNO4. The maximum Gasteiger partial charge on any atom is 0.248 e. The molecule has 148 valence electrons. The number of nitrogens with one attached hydrogen (secondary N) is 1. The summed E-state index contributed by atoms with van der Waals surface area (Å²) in [5, 5.41) is 3.30. The summed E-state index contributed by atoms with van der Waals surface area (Å²) in [5.41, 5.74) is 1.34. The molecule has 3 rings (SSSR count). The second kappa shape index (κ2) is 10.3. The number of carbonyl (C=O) groups excluding carboxylic acids is 1. The van der Waals surface area contributed by atoms with Crippen LogP contribution in [0, 0.1) is 0 Å². The lowest BCUT2D eigenvalue weighted by molar-refractivity contribution is -0.111. The molecule has 0 fully saturated rings. The van der Waals surface area contributed by atoms with Crippen molar-refractivity contribution >= 4 is 29.3 Å². The van der Waals surface area contributed by atoms with Crippen molar-refractivity contribution in [1.29, 1.82) is 0 Å². The summed E-state index contributed by atoms with van der Waals surface area (Å²) >= 11 is 6.08. The minimum Gasteiger partial charge on any atom is -0.468 e.